The number of unbranched alkanes of at least 4 members (excludes halogenated alkanes) is 1. The van der Waals surface area contributed by atoms with Crippen molar-refractivity contribution in [3.05, 3.63) is 29.3 Å². The molecule has 17 heavy (non-hydrogen) atoms. The van der Waals surface area contributed by atoms with Crippen LogP contribution in [0, 0.1) is 6.92 Å². The molecule has 0 heterocycles. The van der Waals surface area contributed by atoms with E-state index in [-0.39, 0.29) is 11.8 Å². The predicted octanol–water partition coefficient (Wildman–Crippen LogP) is 3.54. The molecule has 1 amide bonds. The Labute approximate surface area is 109 Å². The Bertz CT molecular complexity index is 390. The monoisotopic (exact) mass is 253 g/mol. The van der Waals surface area contributed by atoms with Crippen LogP contribution in [0.15, 0.2) is 18.2 Å². The summed E-state index contributed by atoms with van der Waals surface area (Å²) in [4.78, 5) is 13.4. The molecule has 0 N–H and O–H groups in total. The summed E-state index contributed by atoms with van der Waals surface area (Å²) in [5.41, 5.74) is 3.37. The number of alkyl halides is 1. The lowest BCUT2D eigenvalue weighted by molar-refractivity contribution is -0.116. The fourth-order valence-electron chi connectivity index (χ4n) is 1.98. The molecule has 0 aliphatic carbocycles. The molecule has 94 valence electrons. The summed E-state index contributed by atoms with van der Waals surface area (Å²) in [5, 5.41) is 0. The smallest absolute Gasteiger partial charge is 0.241 e. The number of carbonyl (C=O) groups is 1. The molecular formula is C14H20ClNO. The Balaban J connectivity index is 3.06. The fourth-order valence-corrected chi connectivity index (χ4v) is 2.16. The molecule has 0 aliphatic heterocycles. The molecular weight excluding hydrogens is 234 g/mol. The van der Waals surface area contributed by atoms with Gasteiger partial charge in [0.15, 0.2) is 0 Å². The molecule has 0 saturated carbocycles. The quantitative estimate of drug-likeness (QED) is 0.735. The number of carbonyl (C=O) groups excluding carboxylic acids is 1. The summed E-state index contributed by atoms with van der Waals surface area (Å²) >= 11 is 5.61. The molecule has 0 fully saturated rings. The van der Waals surface area contributed by atoms with Gasteiger partial charge in [-0.1, -0.05) is 31.5 Å². The van der Waals surface area contributed by atoms with Crippen LogP contribution < -0.4 is 4.90 Å². The van der Waals surface area contributed by atoms with Crippen LogP contribution >= 0.6 is 11.6 Å². The summed E-state index contributed by atoms with van der Waals surface area (Å²) in [6, 6.07) is 6.17. The molecule has 0 unspecified atom stereocenters. The van der Waals surface area contributed by atoms with Gasteiger partial charge >= 0.3 is 0 Å². The maximum absolute atomic E-state index is 11.7. The molecule has 0 aliphatic rings. The molecule has 0 radical (unpaired) electrons. The molecule has 0 saturated heterocycles. The summed E-state index contributed by atoms with van der Waals surface area (Å²) in [5.74, 6) is -0.0309. The summed E-state index contributed by atoms with van der Waals surface area (Å²) in [6.07, 6.45) is 3.30. The van der Waals surface area contributed by atoms with Gasteiger partial charge in [0.2, 0.25) is 5.91 Å². The van der Waals surface area contributed by atoms with Crippen molar-refractivity contribution in [1.82, 2.24) is 0 Å². The number of rotatable bonds is 5. The Morgan fingerprint density at radius 2 is 2.12 bits per heavy atom. The lowest BCUT2D eigenvalue weighted by atomic mass is 10.0. The van der Waals surface area contributed by atoms with Crippen LogP contribution in [0.25, 0.3) is 0 Å². The van der Waals surface area contributed by atoms with E-state index in [4.69, 9.17) is 11.6 Å². The van der Waals surface area contributed by atoms with Crippen LogP contribution in [0.1, 0.15) is 30.9 Å². The van der Waals surface area contributed by atoms with Crippen LogP contribution in [0.5, 0.6) is 0 Å². The third kappa shape index (κ3) is 3.47. The SMILES string of the molecule is CCCCc1cccc(C)c1N(C)C(=O)CCl. The molecule has 2 nitrogen and oxygen atoms in total. The second-order valence-electron chi connectivity index (χ2n) is 4.27. The van der Waals surface area contributed by atoms with Crippen molar-refractivity contribution in [2.75, 3.05) is 17.8 Å². The van der Waals surface area contributed by atoms with Gasteiger partial charge < -0.3 is 4.90 Å². The van der Waals surface area contributed by atoms with Crippen molar-refractivity contribution < 1.29 is 4.79 Å². The van der Waals surface area contributed by atoms with Gasteiger partial charge in [0.05, 0.1) is 0 Å². The standard InChI is InChI=1S/C14H20ClNO/c1-4-5-8-12-9-6-7-11(2)14(12)16(3)13(17)10-15/h6-7,9H,4-5,8,10H2,1-3H3. The van der Waals surface area contributed by atoms with Crippen molar-refractivity contribution in [3.63, 3.8) is 0 Å². The molecule has 1 aromatic rings. The van der Waals surface area contributed by atoms with Gasteiger partial charge in [0.25, 0.3) is 0 Å². The Hall–Kier alpha value is -1.02. The van der Waals surface area contributed by atoms with E-state index in [0.717, 1.165) is 30.5 Å². The number of hydrogen-bond acceptors (Lipinski definition) is 1. The van der Waals surface area contributed by atoms with Gasteiger partial charge in [0, 0.05) is 12.7 Å². The van der Waals surface area contributed by atoms with Gasteiger partial charge in [-0.3, -0.25) is 4.79 Å². The third-order valence-corrected chi connectivity index (χ3v) is 3.17. The first kappa shape index (κ1) is 14.0. The second kappa shape index (κ2) is 6.65. The highest BCUT2D eigenvalue weighted by atomic mass is 35.5. The maximum Gasteiger partial charge on any atom is 0.241 e. The van der Waals surface area contributed by atoms with Crippen LogP contribution in [0.3, 0.4) is 0 Å². The molecule has 0 aromatic heterocycles. The number of para-hydroxylation sites is 1. The second-order valence-corrected chi connectivity index (χ2v) is 4.54. The highest BCUT2D eigenvalue weighted by Crippen LogP contribution is 2.26. The Kier molecular flexibility index (Phi) is 5.49. The topological polar surface area (TPSA) is 20.3 Å². The van der Waals surface area contributed by atoms with E-state index in [1.54, 1.807) is 11.9 Å². The summed E-state index contributed by atoms with van der Waals surface area (Å²) < 4.78 is 0. The van der Waals surface area contributed by atoms with Crippen molar-refractivity contribution in [2.24, 2.45) is 0 Å². The fraction of sp³-hybridized carbons (Fsp3) is 0.500. The van der Waals surface area contributed by atoms with Crippen LogP contribution in [0.2, 0.25) is 0 Å². The number of aryl methyl sites for hydroxylation is 2. The Morgan fingerprint density at radius 3 is 2.71 bits per heavy atom. The molecule has 0 bridgehead atoms. The molecule has 1 rings (SSSR count). The minimum absolute atomic E-state index is 0.0258. The zero-order valence-corrected chi connectivity index (χ0v) is 11.5. The zero-order chi connectivity index (χ0) is 12.8. The average molecular weight is 254 g/mol. The minimum Gasteiger partial charge on any atom is -0.314 e. The zero-order valence-electron chi connectivity index (χ0n) is 10.8. The predicted molar refractivity (Wildman–Crippen MR) is 73.9 cm³/mol. The van der Waals surface area contributed by atoms with Gasteiger partial charge in [-0.2, -0.15) is 0 Å². The summed E-state index contributed by atoms with van der Waals surface area (Å²) in [6.45, 7) is 4.20. The average Bonchev–Trinajstić information content (AvgIpc) is 2.34. The first-order valence-corrected chi connectivity index (χ1v) is 6.56. The lowest BCUT2D eigenvalue weighted by Gasteiger charge is -2.22. The largest absolute Gasteiger partial charge is 0.314 e. The first-order valence-electron chi connectivity index (χ1n) is 6.02. The molecule has 0 atom stereocenters. The van der Waals surface area contributed by atoms with Crippen molar-refractivity contribution >= 4 is 23.2 Å². The van der Waals surface area contributed by atoms with Crippen molar-refractivity contribution in [3.8, 4) is 0 Å². The normalized spacial score (nSPS) is 10.4. The number of benzene rings is 1. The van der Waals surface area contributed by atoms with E-state index >= 15 is 0 Å². The molecule has 3 heteroatoms. The number of nitrogens with zero attached hydrogens (tertiary/aromatic N) is 1. The van der Waals surface area contributed by atoms with Crippen molar-refractivity contribution in [2.45, 2.75) is 33.1 Å². The van der Waals surface area contributed by atoms with E-state index in [1.807, 2.05) is 19.1 Å². The molecule has 0 spiro atoms. The number of anilines is 1. The lowest BCUT2D eigenvalue weighted by Crippen LogP contribution is -2.28. The highest BCUT2D eigenvalue weighted by molar-refractivity contribution is 6.29. The van der Waals surface area contributed by atoms with E-state index in [1.165, 1.54) is 5.56 Å². The maximum atomic E-state index is 11.7. The molecule has 1 aromatic carbocycles. The summed E-state index contributed by atoms with van der Waals surface area (Å²) in [7, 11) is 1.79. The van der Waals surface area contributed by atoms with Gasteiger partial charge in [0.1, 0.15) is 5.88 Å². The highest BCUT2D eigenvalue weighted by Gasteiger charge is 2.15. The van der Waals surface area contributed by atoms with E-state index in [9.17, 15) is 4.79 Å². The Morgan fingerprint density at radius 1 is 1.41 bits per heavy atom. The van der Waals surface area contributed by atoms with E-state index in [2.05, 4.69) is 13.0 Å². The van der Waals surface area contributed by atoms with Crippen LogP contribution in [-0.4, -0.2) is 18.8 Å². The van der Waals surface area contributed by atoms with Gasteiger partial charge in [-0.15, -0.1) is 11.6 Å². The van der Waals surface area contributed by atoms with Gasteiger partial charge in [-0.25, -0.2) is 0 Å². The first-order chi connectivity index (χ1) is 8.11. The third-order valence-electron chi connectivity index (χ3n) is 2.94. The number of halogens is 1. The van der Waals surface area contributed by atoms with Crippen LogP contribution in [-0.2, 0) is 11.2 Å². The number of hydrogen-bond donors (Lipinski definition) is 0. The number of amides is 1. The van der Waals surface area contributed by atoms with Crippen LogP contribution in [0.4, 0.5) is 5.69 Å². The van der Waals surface area contributed by atoms with E-state index in [0.29, 0.717) is 0 Å². The minimum atomic E-state index is -0.0567. The van der Waals surface area contributed by atoms with Gasteiger partial charge in [-0.05, 0) is 30.9 Å². The van der Waals surface area contributed by atoms with E-state index < -0.39 is 0 Å². The van der Waals surface area contributed by atoms with Crippen molar-refractivity contribution in [1.29, 1.82) is 0 Å².